The first-order chi connectivity index (χ1) is 7.15. The first kappa shape index (κ1) is 12.7. The van der Waals surface area contributed by atoms with Crippen LogP contribution in [0.1, 0.15) is 26.7 Å². The van der Waals surface area contributed by atoms with Gasteiger partial charge in [0, 0.05) is 32.8 Å². The lowest BCUT2D eigenvalue weighted by molar-refractivity contribution is 0.195. The van der Waals surface area contributed by atoms with Crippen LogP contribution in [0.2, 0.25) is 0 Å². The van der Waals surface area contributed by atoms with Gasteiger partial charge in [0.25, 0.3) is 0 Å². The largest absolute Gasteiger partial charge is 0.385 e. The average molecular weight is 230 g/mol. The number of thiocarbonyl (C=S) groups is 1. The average Bonchev–Trinajstić information content (AvgIpc) is 2.52. The molecule has 1 aliphatic heterocycles. The maximum atomic E-state index is 5.37. The highest BCUT2D eigenvalue weighted by atomic mass is 32.1. The molecular weight excluding hydrogens is 208 g/mol. The zero-order valence-corrected chi connectivity index (χ0v) is 10.8. The Morgan fingerprint density at radius 2 is 2.27 bits per heavy atom. The fraction of sp³-hybridized carbons (Fsp3) is 0.909. The van der Waals surface area contributed by atoms with Crippen molar-refractivity contribution in [3.05, 3.63) is 0 Å². The summed E-state index contributed by atoms with van der Waals surface area (Å²) in [5.41, 5.74) is 0. The summed E-state index contributed by atoms with van der Waals surface area (Å²) in [6.07, 6.45) is 2.26. The topological polar surface area (TPSA) is 24.5 Å². The Labute approximate surface area is 98.2 Å². The smallest absolute Gasteiger partial charge is 0.169 e. The Bertz CT molecular complexity index is 211. The van der Waals surface area contributed by atoms with Crippen LogP contribution in [-0.2, 0) is 4.74 Å². The van der Waals surface area contributed by atoms with Gasteiger partial charge in [0.1, 0.15) is 0 Å². The minimum atomic E-state index is 0.586. The molecule has 0 aromatic heterocycles. The summed E-state index contributed by atoms with van der Waals surface area (Å²) in [7, 11) is 1.72. The number of likely N-dealkylation sites (tertiary alicyclic amines) is 1. The van der Waals surface area contributed by atoms with Crippen molar-refractivity contribution in [3.63, 3.8) is 0 Å². The van der Waals surface area contributed by atoms with E-state index < -0.39 is 0 Å². The van der Waals surface area contributed by atoms with Gasteiger partial charge in [-0.3, -0.25) is 0 Å². The van der Waals surface area contributed by atoms with Crippen LogP contribution < -0.4 is 5.32 Å². The molecule has 0 radical (unpaired) electrons. The normalized spacial score (nSPS) is 25.7. The van der Waals surface area contributed by atoms with Crippen molar-refractivity contribution in [3.8, 4) is 0 Å². The molecular formula is C11H22N2OS. The van der Waals surface area contributed by atoms with E-state index in [1.165, 1.54) is 6.42 Å². The van der Waals surface area contributed by atoms with E-state index in [0.717, 1.165) is 37.1 Å². The lowest BCUT2D eigenvalue weighted by Crippen LogP contribution is -2.42. The second kappa shape index (κ2) is 6.28. The van der Waals surface area contributed by atoms with Crippen molar-refractivity contribution in [2.24, 2.45) is 5.92 Å². The quantitative estimate of drug-likeness (QED) is 0.586. The molecule has 0 saturated carbocycles. The highest BCUT2D eigenvalue weighted by molar-refractivity contribution is 7.80. The van der Waals surface area contributed by atoms with E-state index in [-0.39, 0.29) is 0 Å². The summed E-state index contributed by atoms with van der Waals surface area (Å²) in [4.78, 5) is 2.30. The van der Waals surface area contributed by atoms with Gasteiger partial charge in [-0.05, 0) is 37.9 Å². The number of hydrogen-bond acceptors (Lipinski definition) is 2. The first-order valence-corrected chi connectivity index (χ1v) is 6.09. The Balaban J connectivity index is 2.22. The van der Waals surface area contributed by atoms with Crippen molar-refractivity contribution < 1.29 is 4.74 Å². The third-order valence-corrected chi connectivity index (χ3v) is 3.23. The van der Waals surface area contributed by atoms with E-state index in [2.05, 4.69) is 24.1 Å². The van der Waals surface area contributed by atoms with Gasteiger partial charge in [0.05, 0.1) is 0 Å². The maximum absolute atomic E-state index is 5.37. The van der Waals surface area contributed by atoms with E-state index >= 15 is 0 Å². The highest BCUT2D eigenvalue weighted by Crippen LogP contribution is 2.21. The molecule has 1 fully saturated rings. The van der Waals surface area contributed by atoms with Crippen LogP contribution in [0.15, 0.2) is 0 Å². The van der Waals surface area contributed by atoms with Crippen LogP contribution in [0, 0.1) is 5.92 Å². The van der Waals surface area contributed by atoms with Gasteiger partial charge < -0.3 is 15.0 Å². The molecule has 4 heteroatoms. The molecule has 88 valence electrons. The summed E-state index contributed by atoms with van der Waals surface area (Å²) < 4.78 is 4.99. The molecule has 15 heavy (non-hydrogen) atoms. The predicted molar refractivity (Wildman–Crippen MR) is 67.0 cm³/mol. The van der Waals surface area contributed by atoms with Crippen molar-refractivity contribution in [2.45, 2.75) is 32.7 Å². The van der Waals surface area contributed by atoms with Gasteiger partial charge in [0.2, 0.25) is 0 Å². The zero-order chi connectivity index (χ0) is 11.3. The molecule has 1 rings (SSSR count). The van der Waals surface area contributed by atoms with Gasteiger partial charge in [-0.1, -0.05) is 6.92 Å². The van der Waals surface area contributed by atoms with Crippen molar-refractivity contribution in [1.82, 2.24) is 10.2 Å². The van der Waals surface area contributed by atoms with Crippen molar-refractivity contribution >= 4 is 17.3 Å². The molecule has 1 N–H and O–H groups in total. The summed E-state index contributed by atoms with van der Waals surface area (Å²) in [5, 5.41) is 4.19. The van der Waals surface area contributed by atoms with Crippen LogP contribution in [-0.4, -0.2) is 42.9 Å². The third-order valence-electron chi connectivity index (χ3n) is 2.85. The summed E-state index contributed by atoms with van der Waals surface area (Å²) in [6.45, 7) is 7.32. The molecule has 0 aromatic rings. The molecule has 0 bridgehead atoms. The standard InChI is InChI=1S/C11H22N2OS/c1-9-7-10(2)13(8-9)11(15)12-5-4-6-14-3/h9-10H,4-8H2,1-3H3,(H,12,15). The van der Waals surface area contributed by atoms with Crippen LogP contribution in [0.3, 0.4) is 0 Å². The predicted octanol–water partition coefficient (Wildman–Crippen LogP) is 1.63. The number of rotatable bonds is 4. The Morgan fingerprint density at radius 1 is 1.53 bits per heavy atom. The zero-order valence-electron chi connectivity index (χ0n) is 9.95. The van der Waals surface area contributed by atoms with Crippen LogP contribution in [0.5, 0.6) is 0 Å². The first-order valence-electron chi connectivity index (χ1n) is 5.68. The van der Waals surface area contributed by atoms with Crippen LogP contribution in [0.4, 0.5) is 0 Å². The summed E-state index contributed by atoms with van der Waals surface area (Å²) in [5.74, 6) is 0.763. The lowest BCUT2D eigenvalue weighted by Gasteiger charge is -2.25. The Kier molecular flexibility index (Phi) is 5.32. The van der Waals surface area contributed by atoms with E-state index in [4.69, 9.17) is 17.0 Å². The molecule has 2 atom stereocenters. The van der Waals surface area contributed by atoms with Crippen molar-refractivity contribution in [1.29, 1.82) is 0 Å². The van der Waals surface area contributed by atoms with Crippen LogP contribution in [0.25, 0.3) is 0 Å². The summed E-state index contributed by atoms with van der Waals surface area (Å²) in [6, 6.07) is 0.586. The Hall–Kier alpha value is -0.350. The number of ether oxygens (including phenoxy) is 1. The highest BCUT2D eigenvalue weighted by Gasteiger charge is 2.27. The molecule has 0 aromatic carbocycles. The summed E-state index contributed by atoms with van der Waals surface area (Å²) >= 11 is 5.37. The van der Waals surface area contributed by atoms with E-state index in [0.29, 0.717) is 6.04 Å². The maximum Gasteiger partial charge on any atom is 0.169 e. The number of nitrogens with zero attached hydrogens (tertiary/aromatic N) is 1. The molecule has 0 spiro atoms. The molecule has 1 heterocycles. The molecule has 0 amide bonds. The molecule has 1 aliphatic rings. The number of nitrogens with one attached hydrogen (secondary N) is 1. The lowest BCUT2D eigenvalue weighted by atomic mass is 10.1. The van der Waals surface area contributed by atoms with Gasteiger partial charge in [0.15, 0.2) is 5.11 Å². The monoisotopic (exact) mass is 230 g/mol. The fourth-order valence-electron chi connectivity index (χ4n) is 2.10. The Morgan fingerprint density at radius 3 is 2.80 bits per heavy atom. The van der Waals surface area contributed by atoms with E-state index in [1.54, 1.807) is 7.11 Å². The fourth-order valence-corrected chi connectivity index (χ4v) is 2.45. The SMILES string of the molecule is COCCCNC(=S)N1CC(C)CC1C. The van der Waals surface area contributed by atoms with Crippen molar-refractivity contribution in [2.75, 3.05) is 26.8 Å². The molecule has 3 nitrogen and oxygen atoms in total. The number of methoxy groups -OCH3 is 1. The van der Waals surface area contributed by atoms with E-state index in [9.17, 15) is 0 Å². The molecule has 1 saturated heterocycles. The minimum Gasteiger partial charge on any atom is -0.385 e. The van der Waals surface area contributed by atoms with Gasteiger partial charge in [-0.15, -0.1) is 0 Å². The van der Waals surface area contributed by atoms with Gasteiger partial charge in [-0.25, -0.2) is 0 Å². The minimum absolute atomic E-state index is 0.586. The molecule has 0 aliphatic carbocycles. The van der Waals surface area contributed by atoms with Gasteiger partial charge in [-0.2, -0.15) is 0 Å². The molecule has 2 unspecified atom stereocenters. The second-order valence-corrected chi connectivity index (χ2v) is 4.81. The van der Waals surface area contributed by atoms with Gasteiger partial charge >= 0.3 is 0 Å². The second-order valence-electron chi connectivity index (χ2n) is 4.42. The van der Waals surface area contributed by atoms with Crippen LogP contribution >= 0.6 is 12.2 Å². The van der Waals surface area contributed by atoms with E-state index in [1.807, 2.05) is 0 Å². The third kappa shape index (κ3) is 3.95. The number of hydrogen-bond donors (Lipinski definition) is 1.